The topological polar surface area (TPSA) is 38.1 Å². The third-order valence-electron chi connectivity index (χ3n) is 2.31. The predicted octanol–water partition coefficient (Wildman–Crippen LogP) is 2.84. The Labute approximate surface area is 95.5 Å². The molecule has 1 aromatic carbocycles. The average molecular weight is 216 g/mol. The molecule has 3 nitrogen and oxygen atoms in total. The van der Waals surface area contributed by atoms with Gasteiger partial charge in [0.05, 0.1) is 5.69 Å². The third kappa shape index (κ3) is 2.70. The minimum absolute atomic E-state index is 0.455. The van der Waals surface area contributed by atoms with Crippen LogP contribution in [0, 0.1) is 0 Å². The monoisotopic (exact) mass is 216 g/mol. The summed E-state index contributed by atoms with van der Waals surface area (Å²) in [4.78, 5) is 0. The van der Waals surface area contributed by atoms with Gasteiger partial charge in [0.25, 0.3) is 0 Å². The van der Waals surface area contributed by atoms with Crippen molar-refractivity contribution in [3.63, 3.8) is 0 Å². The molecule has 0 aliphatic carbocycles. The quantitative estimate of drug-likeness (QED) is 0.854. The van der Waals surface area contributed by atoms with Gasteiger partial charge in [-0.3, -0.25) is 0 Å². The van der Waals surface area contributed by atoms with Crippen molar-refractivity contribution in [3.8, 4) is 11.3 Å². The van der Waals surface area contributed by atoms with Gasteiger partial charge in [-0.05, 0) is 0 Å². The first-order chi connectivity index (χ1) is 7.75. The molecule has 0 radical (unpaired) electrons. The smallest absolute Gasteiger partial charge is 0.167 e. The molecule has 2 rings (SSSR count). The molecule has 0 spiro atoms. The van der Waals surface area contributed by atoms with E-state index in [0.717, 1.165) is 23.6 Å². The Morgan fingerprint density at radius 1 is 1.25 bits per heavy atom. The van der Waals surface area contributed by atoms with E-state index < -0.39 is 0 Å². The Morgan fingerprint density at radius 3 is 2.69 bits per heavy atom. The van der Waals surface area contributed by atoms with Gasteiger partial charge < -0.3 is 9.84 Å². The zero-order valence-corrected chi connectivity index (χ0v) is 9.60. The van der Waals surface area contributed by atoms with E-state index in [0.29, 0.717) is 6.04 Å². The van der Waals surface area contributed by atoms with Crippen molar-refractivity contribution < 1.29 is 4.52 Å². The standard InChI is InChI=1S/C13H16N2O/c1-10(2)14-9-12-8-13(16-15-12)11-6-4-3-5-7-11/h3-8,10,14H,9H2,1-2H3. The highest BCUT2D eigenvalue weighted by atomic mass is 16.5. The summed E-state index contributed by atoms with van der Waals surface area (Å²) in [6.07, 6.45) is 0. The number of nitrogens with zero attached hydrogens (tertiary/aromatic N) is 1. The summed E-state index contributed by atoms with van der Waals surface area (Å²) in [5, 5.41) is 7.33. The number of hydrogen-bond acceptors (Lipinski definition) is 3. The van der Waals surface area contributed by atoms with Gasteiger partial charge in [0.15, 0.2) is 5.76 Å². The van der Waals surface area contributed by atoms with Gasteiger partial charge >= 0.3 is 0 Å². The van der Waals surface area contributed by atoms with Crippen LogP contribution in [0.2, 0.25) is 0 Å². The lowest BCUT2D eigenvalue weighted by molar-refractivity contribution is 0.417. The van der Waals surface area contributed by atoms with E-state index in [-0.39, 0.29) is 0 Å². The summed E-state index contributed by atoms with van der Waals surface area (Å²) < 4.78 is 5.29. The molecule has 84 valence electrons. The van der Waals surface area contributed by atoms with Crippen LogP contribution >= 0.6 is 0 Å². The minimum atomic E-state index is 0.455. The normalized spacial score (nSPS) is 10.9. The van der Waals surface area contributed by atoms with E-state index in [1.54, 1.807) is 0 Å². The van der Waals surface area contributed by atoms with Crippen LogP contribution in [0.1, 0.15) is 19.5 Å². The van der Waals surface area contributed by atoms with Crippen molar-refractivity contribution in [1.82, 2.24) is 10.5 Å². The zero-order valence-electron chi connectivity index (χ0n) is 9.60. The Bertz CT molecular complexity index is 434. The molecule has 0 unspecified atom stereocenters. The first-order valence-corrected chi connectivity index (χ1v) is 5.50. The highest BCUT2D eigenvalue weighted by molar-refractivity contribution is 5.56. The fourth-order valence-corrected chi connectivity index (χ4v) is 1.44. The lowest BCUT2D eigenvalue weighted by Crippen LogP contribution is -2.21. The molecule has 0 amide bonds. The number of aromatic nitrogens is 1. The first kappa shape index (κ1) is 10.9. The lowest BCUT2D eigenvalue weighted by atomic mass is 10.1. The minimum Gasteiger partial charge on any atom is -0.356 e. The Morgan fingerprint density at radius 2 is 2.00 bits per heavy atom. The summed E-state index contributed by atoms with van der Waals surface area (Å²) in [5.41, 5.74) is 2.00. The summed E-state index contributed by atoms with van der Waals surface area (Å²) in [7, 11) is 0. The van der Waals surface area contributed by atoms with Gasteiger partial charge in [0.2, 0.25) is 0 Å². The van der Waals surface area contributed by atoms with Gasteiger partial charge in [-0.25, -0.2) is 0 Å². The van der Waals surface area contributed by atoms with Gasteiger partial charge in [0.1, 0.15) is 0 Å². The van der Waals surface area contributed by atoms with Crippen LogP contribution in [0.5, 0.6) is 0 Å². The SMILES string of the molecule is CC(C)NCc1cc(-c2ccccc2)on1. The van der Waals surface area contributed by atoms with E-state index >= 15 is 0 Å². The Hall–Kier alpha value is -1.61. The molecule has 2 aromatic rings. The van der Waals surface area contributed by atoms with Crippen LogP contribution in [-0.2, 0) is 6.54 Å². The summed E-state index contributed by atoms with van der Waals surface area (Å²) in [6, 6.07) is 12.4. The first-order valence-electron chi connectivity index (χ1n) is 5.50. The van der Waals surface area contributed by atoms with Crippen molar-refractivity contribution >= 4 is 0 Å². The molecular weight excluding hydrogens is 200 g/mol. The second-order valence-corrected chi connectivity index (χ2v) is 4.08. The van der Waals surface area contributed by atoms with Crippen molar-refractivity contribution in [3.05, 3.63) is 42.1 Å². The molecule has 0 atom stereocenters. The molecule has 0 saturated carbocycles. The van der Waals surface area contributed by atoms with E-state index in [1.807, 2.05) is 36.4 Å². The van der Waals surface area contributed by atoms with Crippen LogP contribution in [0.25, 0.3) is 11.3 Å². The largest absolute Gasteiger partial charge is 0.356 e. The molecule has 0 aliphatic rings. The molecule has 3 heteroatoms. The fourth-order valence-electron chi connectivity index (χ4n) is 1.44. The average Bonchev–Trinajstić information content (AvgIpc) is 2.76. The van der Waals surface area contributed by atoms with Crippen molar-refractivity contribution in [2.75, 3.05) is 0 Å². The van der Waals surface area contributed by atoms with Crippen LogP contribution in [0.3, 0.4) is 0 Å². The predicted molar refractivity (Wildman–Crippen MR) is 63.9 cm³/mol. The Balaban J connectivity index is 2.08. The Kier molecular flexibility index (Phi) is 3.37. The van der Waals surface area contributed by atoms with E-state index in [2.05, 4.69) is 24.3 Å². The second kappa shape index (κ2) is 4.94. The zero-order chi connectivity index (χ0) is 11.4. The maximum absolute atomic E-state index is 5.29. The second-order valence-electron chi connectivity index (χ2n) is 4.08. The molecule has 16 heavy (non-hydrogen) atoms. The van der Waals surface area contributed by atoms with Gasteiger partial charge in [-0.1, -0.05) is 49.3 Å². The highest BCUT2D eigenvalue weighted by Crippen LogP contribution is 2.19. The molecule has 1 aromatic heterocycles. The third-order valence-corrected chi connectivity index (χ3v) is 2.31. The molecule has 1 heterocycles. The number of benzene rings is 1. The van der Waals surface area contributed by atoms with E-state index in [1.165, 1.54) is 0 Å². The maximum Gasteiger partial charge on any atom is 0.167 e. The van der Waals surface area contributed by atoms with Crippen molar-refractivity contribution in [2.24, 2.45) is 0 Å². The van der Waals surface area contributed by atoms with E-state index in [9.17, 15) is 0 Å². The summed E-state index contributed by atoms with van der Waals surface area (Å²) in [6.45, 7) is 4.96. The molecule has 0 bridgehead atoms. The van der Waals surface area contributed by atoms with Gasteiger partial charge in [-0.15, -0.1) is 0 Å². The molecule has 0 saturated heterocycles. The molecule has 0 fully saturated rings. The van der Waals surface area contributed by atoms with Crippen LogP contribution < -0.4 is 5.32 Å². The van der Waals surface area contributed by atoms with Crippen molar-refractivity contribution in [1.29, 1.82) is 0 Å². The van der Waals surface area contributed by atoms with Gasteiger partial charge in [-0.2, -0.15) is 0 Å². The van der Waals surface area contributed by atoms with Crippen LogP contribution in [-0.4, -0.2) is 11.2 Å². The van der Waals surface area contributed by atoms with Crippen LogP contribution in [0.4, 0.5) is 0 Å². The fraction of sp³-hybridized carbons (Fsp3) is 0.308. The maximum atomic E-state index is 5.29. The summed E-state index contributed by atoms with van der Waals surface area (Å²) >= 11 is 0. The number of hydrogen-bond donors (Lipinski definition) is 1. The van der Waals surface area contributed by atoms with E-state index in [4.69, 9.17) is 4.52 Å². The summed E-state index contributed by atoms with van der Waals surface area (Å²) in [5.74, 6) is 0.821. The highest BCUT2D eigenvalue weighted by Gasteiger charge is 2.05. The van der Waals surface area contributed by atoms with Gasteiger partial charge in [0, 0.05) is 24.2 Å². The lowest BCUT2D eigenvalue weighted by Gasteiger charge is -2.03. The molecule has 1 N–H and O–H groups in total. The van der Waals surface area contributed by atoms with Crippen molar-refractivity contribution in [2.45, 2.75) is 26.4 Å². The molecular formula is C13H16N2O. The number of rotatable bonds is 4. The molecule has 0 aliphatic heterocycles. The van der Waals surface area contributed by atoms with Crippen LogP contribution in [0.15, 0.2) is 40.9 Å². The number of nitrogens with one attached hydrogen (secondary N) is 1.